The molecular weight excluding hydrogens is 278 g/mol. The molecule has 0 aliphatic carbocycles. The number of rotatable bonds is 3. The molecule has 0 unspecified atom stereocenters. The number of thiophene rings is 1. The molecule has 0 spiro atoms. The zero-order valence-corrected chi connectivity index (χ0v) is 11.4. The Labute approximate surface area is 119 Å². The number of hydrogen-bond acceptors (Lipinski definition) is 4. The van der Waals surface area contributed by atoms with Crippen molar-refractivity contribution in [1.29, 1.82) is 0 Å². The van der Waals surface area contributed by atoms with E-state index in [9.17, 15) is 0 Å². The monoisotopic (exact) mass is 287 g/mol. The highest BCUT2D eigenvalue weighted by molar-refractivity contribution is 7.08. The van der Waals surface area contributed by atoms with Gasteiger partial charge in [-0.05, 0) is 23.6 Å². The predicted octanol–water partition coefficient (Wildman–Crippen LogP) is 4.60. The number of halogens is 1. The summed E-state index contributed by atoms with van der Waals surface area (Å²) in [4.78, 5) is 8.66. The molecule has 0 bridgehead atoms. The third kappa shape index (κ3) is 2.75. The molecule has 1 aromatic carbocycles. The highest BCUT2D eigenvalue weighted by atomic mass is 35.5. The number of benzene rings is 1. The Hall–Kier alpha value is -1.91. The molecule has 0 saturated carbocycles. The van der Waals surface area contributed by atoms with Crippen molar-refractivity contribution in [1.82, 2.24) is 9.97 Å². The van der Waals surface area contributed by atoms with Gasteiger partial charge in [0, 0.05) is 16.6 Å². The summed E-state index contributed by atoms with van der Waals surface area (Å²) in [5.74, 6) is 0.539. The van der Waals surface area contributed by atoms with Crippen molar-refractivity contribution in [3.8, 4) is 11.3 Å². The lowest BCUT2D eigenvalue weighted by atomic mass is 10.2. The van der Waals surface area contributed by atoms with Gasteiger partial charge in [-0.3, -0.25) is 0 Å². The van der Waals surface area contributed by atoms with Gasteiger partial charge in [0.1, 0.15) is 0 Å². The van der Waals surface area contributed by atoms with Gasteiger partial charge in [-0.25, -0.2) is 9.97 Å². The highest BCUT2D eigenvalue weighted by Crippen LogP contribution is 2.28. The van der Waals surface area contributed by atoms with Crippen LogP contribution in [0.15, 0.2) is 53.4 Å². The standard InChI is InChI=1S/C14H10ClN3S/c15-12-8-16-14(17-11-4-2-1-3-5-11)18-13(12)10-6-7-19-9-10/h1-9H,(H,16,17,18). The average molecular weight is 288 g/mol. The minimum absolute atomic E-state index is 0.539. The van der Waals surface area contributed by atoms with Gasteiger partial charge in [0.15, 0.2) is 0 Å². The molecule has 3 rings (SSSR count). The van der Waals surface area contributed by atoms with Gasteiger partial charge in [-0.1, -0.05) is 29.8 Å². The van der Waals surface area contributed by atoms with E-state index in [-0.39, 0.29) is 0 Å². The number of hydrogen-bond donors (Lipinski definition) is 1. The van der Waals surface area contributed by atoms with Crippen LogP contribution in [0.4, 0.5) is 11.6 Å². The maximum Gasteiger partial charge on any atom is 0.227 e. The molecule has 0 aliphatic rings. The summed E-state index contributed by atoms with van der Waals surface area (Å²) in [5, 5.41) is 7.72. The van der Waals surface area contributed by atoms with Gasteiger partial charge >= 0.3 is 0 Å². The molecule has 0 fully saturated rings. The lowest BCUT2D eigenvalue weighted by Crippen LogP contribution is -1.98. The van der Waals surface area contributed by atoms with Crippen LogP contribution in [-0.2, 0) is 0 Å². The Morgan fingerprint density at radius 2 is 1.95 bits per heavy atom. The van der Waals surface area contributed by atoms with Gasteiger partial charge in [-0.2, -0.15) is 11.3 Å². The largest absolute Gasteiger partial charge is 0.324 e. The van der Waals surface area contributed by atoms with E-state index in [0.717, 1.165) is 16.9 Å². The van der Waals surface area contributed by atoms with Crippen LogP contribution >= 0.6 is 22.9 Å². The zero-order valence-electron chi connectivity index (χ0n) is 9.88. The van der Waals surface area contributed by atoms with Crippen molar-refractivity contribution in [2.24, 2.45) is 0 Å². The third-order valence-corrected chi connectivity index (χ3v) is 3.53. The van der Waals surface area contributed by atoms with Crippen molar-refractivity contribution in [3.63, 3.8) is 0 Å². The molecule has 3 nitrogen and oxygen atoms in total. The van der Waals surface area contributed by atoms with E-state index >= 15 is 0 Å². The maximum atomic E-state index is 6.14. The molecular formula is C14H10ClN3S. The van der Waals surface area contributed by atoms with E-state index in [4.69, 9.17) is 11.6 Å². The fourth-order valence-corrected chi connectivity index (χ4v) is 2.52. The normalized spacial score (nSPS) is 10.4. The number of nitrogens with zero attached hydrogens (tertiary/aromatic N) is 2. The molecule has 3 aromatic rings. The first-order valence-electron chi connectivity index (χ1n) is 5.70. The lowest BCUT2D eigenvalue weighted by molar-refractivity contribution is 1.17. The van der Waals surface area contributed by atoms with Crippen LogP contribution in [0.5, 0.6) is 0 Å². The second kappa shape index (κ2) is 5.38. The van der Waals surface area contributed by atoms with Gasteiger partial charge in [0.2, 0.25) is 5.95 Å². The second-order valence-corrected chi connectivity index (χ2v) is 5.08. The van der Waals surface area contributed by atoms with E-state index in [1.54, 1.807) is 17.5 Å². The van der Waals surface area contributed by atoms with Crippen molar-refractivity contribution in [3.05, 3.63) is 58.4 Å². The molecule has 0 atom stereocenters. The lowest BCUT2D eigenvalue weighted by Gasteiger charge is -2.07. The molecule has 0 amide bonds. The smallest absolute Gasteiger partial charge is 0.227 e. The Kier molecular flexibility index (Phi) is 3.44. The second-order valence-electron chi connectivity index (χ2n) is 3.89. The van der Waals surface area contributed by atoms with Crippen LogP contribution in [0.2, 0.25) is 5.02 Å². The van der Waals surface area contributed by atoms with Crippen molar-refractivity contribution < 1.29 is 0 Å². The van der Waals surface area contributed by atoms with Crippen LogP contribution in [-0.4, -0.2) is 9.97 Å². The first-order chi connectivity index (χ1) is 9.33. The fourth-order valence-electron chi connectivity index (χ4n) is 1.68. The Bertz CT molecular complexity index is 668. The molecule has 19 heavy (non-hydrogen) atoms. The highest BCUT2D eigenvalue weighted by Gasteiger charge is 2.08. The first-order valence-corrected chi connectivity index (χ1v) is 7.02. The maximum absolute atomic E-state index is 6.14. The summed E-state index contributed by atoms with van der Waals surface area (Å²) in [6, 6.07) is 11.8. The minimum atomic E-state index is 0.539. The molecule has 0 saturated heterocycles. The molecule has 2 aromatic heterocycles. The predicted molar refractivity (Wildman–Crippen MR) is 80.1 cm³/mol. The summed E-state index contributed by atoms with van der Waals surface area (Å²) in [5.41, 5.74) is 2.70. The van der Waals surface area contributed by atoms with Crippen molar-refractivity contribution in [2.75, 3.05) is 5.32 Å². The van der Waals surface area contributed by atoms with Crippen molar-refractivity contribution in [2.45, 2.75) is 0 Å². The summed E-state index contributed by atoms with van der Waals surface area (Å²) in [6.45, 7) is 0. The third-order valence-electron chi connectivity index (χ3n) is 2.57. The Balaban J connectivity index is 1.94. The zero-order chi connectivity index (χ0) is 13.1. The van der Waals surface area contributed by atoms with Gasteiger partial charge in [0.05, 0.1) is 16.9 Å². The van der Waals surface area contributed by atoms with E-state index in [0.29, 0.717) is 11.0 Å². The van der Waals surface area contributed by atoms with Gasteiger partial charge in [-0.15, -0.1) is 0 Å². The van der Waals surface area contributed by atoms with E-state index in [1.807, 2.05) is 47.2 Å². The fraction of sp³-hybridized carbons (Fsp3) is 0. The average Bonchev–Trinajstić information content (AvgIpc) is 2.96. The van der Waals surface area contributed by atoms with Crippen LogP contribution in [0.3, 0.4) is 0 Å². The summed E-state index contributed by atoms with van der Waals surface area (Å²) >= 11 is 7.76. The number of nitrogens with one attached hydrogen (secondary N) is 1. The molecule has 1 N–H and O–H groups in total. The SMILES string of the molecule is Clc1cnc(Nc2ccccc2)nc1-c1ccsc1. The first kappa shape index (κ1) is 12.1. The van der Waals surface area contributed by atoms with Crippen LogP contribution < -0.4 is 5.32 Å². The molecule has 5 heteroatoms. The van der Waals surface area contributed by atoms with Gasteiger partial charge < -0.3 is 5.32 Å². The summed E-state index contributed by atoms with van der Waals surface area (Å²) in [7, 11) is 0. The Morgan fingerprint density at radius 3 is 2.68 bits per heavy atom. The van der Waals surface area contributed by atoms with E-state index < -0.39 is 0 Å². The summed E-state index contributed by atoms with van der Waals surface area (Å²) < 4.78 is 0. The van der Waals surface area contributed by atoms with Crippen molar-refractivity contribution >= 4 is 34.6 Å². The van der Waals surface area contributed by atoms with Crippen LogP contribution in [0, 0.1) is 0 Å². The number of aromatic nitrogens is 2. The molecule has 2 heterocycles. The number of anilines is 2. The molecule has 0 aliphatic heterocycles. The van der Waals surface area contributed by atoms with E-state index in [2.05, 4.69) is 15.3 Å². The van der Waals surface area contributed by atoms with Crippen LogP contribution in [0.25, 0.3) is 11.3 Å². The topological polar surface area (TPSA) is 37.8 Å². The number of para-hydroxylation sites is 1. The van der Waals surface area contributed by atoms with Gasteiger partial charge in [0.25, 0.3) is 0 Å². The molecule has 0 radical (unpaired) electrons. The quantitative estimate of drug-likeness (QED) is 0.765. The van der Waals surface area contributed by atoms with E-state index in [1.165, 1.54) is 0 Å². The summed E-state index contributed by atoms with van der Waals surface area (Å²) in [6.07, 6.45) is 1.62. The Morgan fingerprint density at radius 1 is 1.11 bits per heavy atom. The minimum Gasteiger partial charge on any atom is -0.324 e. The molecule has 94 valence electrons. The van der Waals surface area contributed by atoms with Crippen LogP contribution in [0.1, 0.15) is 0 Å².